The molecule has 1 aromatic heterocycles. The highest BCUT2D eigenvalue weighted by atomic mass is 79.9. The number of nitrogens with zero attached hydrogens (tertiary/aromatic N) is 1. The fraction of sp³-hybridized carbons (Fsp3) is 0.231. The molecule has 0 fully saturated rings. The maximum Gasteiger partial charge on any atom is 0.360 e. The molecule has 94 valence electrons. The number of oxazole rings is 1. The first-order valence-corrected chi connectivity index (χ1v) is 6.30. The lowest BCUT2D eigenvalue weighted by Crippen LogP contribution is -2.06. The highest BCUT2D eigenvalue weighted by molar-refractivity contribution is 9.10. The highest BCUT2D eigenvalue weighted by Crippen LogP contribution is 2.28. The van der Waals surface area contributed by atoms with Crippen molar-refractivity contribution >= 4 is 21.9 Å². The molecule has 0 radical (unpaired) electrons. The predicted molar refractivity (Wildman–Crippen MR) is 70.3 cm³/mol. The Bertz CT molecular complexity index is 577. The van der Waals surface area contributed by atoms with Gasteiger partial charge in [-0.1, -0.05) is 15.9 Å². The maximum atomic E-state index is 11.7. The number of esters is 1. The molecule has 0 bridgehead atoms. The summed E-state index contributed by atoms with van der Waals surface area (Å²) in [4.78, 5) is 15.6. The smallest absolute Gasteiger partial charge is 0.360 e. The second-order valence-electron chi connectivity index (χ2n) is 3.71. The van der Waals surface area contributed by atoms with E-state index in [0.29, 0.717) is 12.4 Å². The Hall–Kier alpha value is -1.62. The van der Waals surface area contributed by atoms with Gasteiger partial charge in [-0.2, -0.15) is 0 Å². The second-order valence-corrected chi connectivity index (χ2v) is 4.63. The van der Waals surface area contributed by atoms with Gasteiger partial charge in [-0.25, -0.2) is 9.78 Å². The Labute approximate surface area is 113 Å². The summed E-state index contributed by atoms with van der Waals surface area (Å²) in [5.74, 6) is -0.0259. The third kappa shape index (κ3) is 2.46. The van der Waals surface area contributed by atoms with Crippen LogP contribution in [-0.4, -0.2) is 17.6 Å². The summed E-state index contributed by atoms with van der Waals surface area (Å²) in [6.45, 7) is 4.00. The number of aryl methyl sites for hydroxylation is 1. The van der Waals surface area contributed by atoms with Gasteiger partial charge in [0.2, 0.25) is 0 Å². The number of hydrogen-bond donors (Lipinski definition) is 0. The van der Waals surface area contributed by atoms with Gasteiger partial charge in [0, 0.05) is 10.0 Å². The van der Waals surface area contributed by atoms with Gasteiger partial charge in [0.25, 0.3) is 0 Å². The molecule has 0 unspecified atom stereocenters. The summed E-state index contributed by atoms with van der Waals surface area (Å²) in [6.07, 6.45) is 1.25. The molecule has 0 N–H and O–H groups in total. The van der Waals surface area contributed by atoms with E-state index in [1.807, 2.05) is 25.1 Å². The maximum absolute atomic E-state index is 11.7. The molecule has 4 nitrogen and oxygen atoms in total. The largest absolute Gasteiger partial charge is 0.461 e. The molecule has 1 aromatic carbocycles. The molecular formula is C13H12BrNO3. The molecule has 18 heavy (non-hydrogen) atoms. The van der Waals surface area contributed by atoms with Crippen molar-refractivity contribution in [3.8, 4) is 11.3 Å². The van der Waals surface area contributed by atoms with Crippen molar-refractivity contribution in [3.63, 3.8) is 0 Å². The van der Waals surface area contributed by atoms with Gasteiger partial charge in [-0.3, -0.25) is 0 Å². The first kappa shape index (κ1) is 12.8. The van der Waals surface area contributed by atoms with Crippen LogP contribution in [0.25, 0.3) is 11.3 Å². The summed E-state index contributed by atoms with van der Waals surface area (Å²) in [5.41, 5.74) is 2.03. The van der Waals surface area contributed by atoms with Crippen LogP contribution in [-0.2, 0) is 4.74 Å². The highest BCUT2D eigenvalue weighted by Gasteiger charge is 2.20. The van der Waals surface area contributed by atoms with E-state index in [4.69, 9.17) is 9.15 Å². The average molecular weight is 310 g/mol. The lowest BCUT2D eigenvalue weighted by atomic mass is 10.1. The summed E-state index contributed by atoms with van der Waals surface area (Å²) >= 11 is 3.39. The van der Waals surface area contributed by atoms with E-state index < -0.39 is 5.97 Å². The Morgan fingerprint density at radius 1 is 1.50 bits per heavy atom. The zero-order valence-electron chi connectivity index (χ0n) is 10.1. The standard InChI is InChI=1S/C13H12BrNO3/c1-3-17-13(16)11-12(18-7-15-11)10-5-4-9(14)6-8(10)2/h4-7H,3H2,1-2H3. The SMILES string of the molecule is CCOC(=O)c1ncoc1-c1ccc(Br)cc1C. The molecule has 2 aromatic rings. The molecule has 1 heterocycles. The van der Waals surface area contributed by atoms with Crippen LogP contribution in [0, 0.1) is 6.92 Å². The molecule has 0 aliphatic rings. The summed E-state index contributed by atoms with van der Waals surface area (Å²) in [5, 5.41) is 0. The molecule has 2 rings (SSSR count). The molecule has 5 heteroatoms. The Kier molecular flexibility index (Phi) is 3.81. The Balaban J connectivity index is 2.45. The summed E-state index contributed by atoms with van der Waals surface area (Å²) in [7, 11) is 0. The average Bonchev–Trinajstić information content (AvgIpc) is 2.78. The van der Waals surface area contributed by atoms with Gasteiger partial charge >= 0.3 is 5.97 Å². The van der Waals surface area contributed by atoms with E-state index in [-0.39, 0.29) is 5.69 Å². The zero-order valence-corrected chi connectivity index (χ0v) is 11.7. The summed E-state index contributed by atoms with van der Waals surface area (Å²) in [6, 6.07) is 5.72. The van der Waals surface area contributed by atoms with Crippen LogP contribution >= 0.6 is 15.9 Å². The number of hydrogen-bond acceptors (Lipinski definition) is 4. The Morgan fingerprint density at radius 2 is 2.28 bits per heavy atom. The number of ether oxygens (including phenoxy) is 1. The van der Waals surface area contributed by atoms with Crippen molar-refractivity contribution in [3.05, 3.63) is 40.3 Å². The molecule has 0 saturated carbocycles. The number of rotatable bonds is 3. The van der Waals surface area contributed by atoms with Crippen molar-refractivity contribution in [1.29, 1.82) is 0 Å². The number of aromatic nitrogens is 1. The van der Waals surface area contributed by atoms with Crippen LogP contribution in [0.2, 0.25) is 0 Å². The van der Waals surface area contributed by atoms with E-state index in [1.54, 1.807) is 6.92 Å². The third-order valence-electron chi connectivity index (χ3n) is 2.47. The van der Waals surface area contributed by atoms with Crippen molar-refractivity contribution in [2.75, 3.05) is 6.61 Å². The van der Waals surface area contributed by atoms with Gasteiger partial charge in [0.1, 0.15) is 0 Å². The third-order valence-corrected chi connectivity index (χ3v) is 2.96. The van der Waals surface area contributed by atoms with Gasteiger partial charge in [0.15, 0.2) is 17.8 Å². The molecule has 0 aliphatic carbocycles. The van der Waals surface area contributed by atoms with E-state index >= 15 is 0 Å². The van der Waals surface area contributed by atoms with Gasteiger partial charge in [-0.05, 0) is 37.6 Å². The number of halogens is 1. The van der Waals surface area contributed by atoms with Crippen LogP contribution in [0.4, 0.5) is 0 Å². The first-order valence-electron chi connectivity index (χ1n) is 5.50. The minimum absolute atomic E-state index is 0.210. The first-order chi connectivity index (χ1) is 8.63. The van der Waals surface area contributed by atoms with Crippen LogP contribution in [0.5, 0.6) is 0 Å². The van der Waals surface area contributed by atoms with Crippen molar-refractivity contribution in [2.24, 2.45) is 0 Å². The molecule has 0 atom stereocenters. The van der Waals surface area contributed by atoms with Crippen LogP contribution in [0.1, 0.15) is 23.0 Å². The van der Waals surface area contributed by atoms with Crippen molar-refractivity contribution < 1.29 is 13.9 Å². The van der Waals surface area contributed by atoms with E-state index in [2.05, 4.69) is 20.9 Å². The minimum atomic E-state index is -0.469. The number of benzene rings is 1. The quantitative estimate of drug-likeness (QED) is 0.813. The molecular weight excluding hydrogens is 298 g/mol. The topological polar surface area (TPSA) is 52.3 Å². The molecule has 0 aliphatic heterocycles. The zero-order chi connectivity index (χ0) is 13.1. The van der Waals surface area contributed by atoms with Crippen molar-refractivity contribution in [1.82, 2.24) is 4.98 Å². The van der Waals surface area contributed by atoms with Crippen LogP contribution in [0.3, 0.4) is 0 Å². The van der Waals surface area contributed by atoms with Crippen LogP contribution < -0.4 is 0 Å². The van der Waals surface area contributed by atoms with E-state index in [1.165, 1.54) is 6.39 Å². The fourth-order valence-electron chi connectivity index (χ4n) is 1.66. The normalized spacial score (nSPS) is 10.4. The molecule has 0 spiro atoms. The van der Waals surface area contributed by atoms with E-state index in [9.17, 15) is 4.79 Å². The minimum Gasteiger partial charge on any atom is -0.461 e. The van der Waals surface area contributed by atoms with E-state index in [0.717, 1.165) is 15.6 Å². The summed E-state index contributed by atoms with van der Waals surface area (Å²) < 4.78 is 11.2. The van der Waals surface area contributed by atoms with Gasteiger partial charge < -0.3 is 9.15 Å². The molecule has 0 amide bonds. The second kappa shape index (κ2) is 5.35. The lowest BCUT2D eigenvalue weighted by molar-refractivity contribution is 0.0520. The number of carbonyl (C=O) groups excluding carboxylic acids is 1. The van der Waals surface area contributed by atoms with Gasteiger partial charge in [0.05, 0.1) is 6.61 Å². The number of carbonyl (C=O) groups is 1. The predicted octanol–water partition coefficient (Wildman–Crippen LogP) is 3.59. The van der Waals surface area contributed by atoms with Crippen LogP contribution in [0.15, 0.2) is 33.5 Å². The molecule has 0 saturated heterocycles. The Morgan fingerprint density at radius 3 is 2.94 bits per heavy atom. The fourth-order valence-corrected chi connectivity index (χ4v) is 2.14. The monoisotopic (exact) mass is 309 g/mol. The lowest BCUT2D eigenvalue weighted by Gasteiger charge is -2.05. The van der Waals surface area contributed by atoms with Gasteiger partial charge in [-0.15, -0.1) is 0 Å². The van der Waals surface area contributed by atoms with Crippen molar-refractivity contribution in [2.45, 2.75) is 13.8 Å².